The first-order chi connectivity index (χ1) is 11.3. The predicted octanol–water partition coefficient (Wildman–Crippen LogP) is 6.49. The van der Waals surface area contributed by atoms with Gasteiger partial charge in [0, 0.05) is 4.90 Å². The maximum absolute atomic E-state index is 11.7. The van der Waals surface area contributed by atoms with Crippen molar-refractivity contribution in [2.24, 2.45) is 0 Å². The lowest BCUT2D eigenvalue weighted by Gasteiger charge is -2.07. The lowest BCUT2D eigenvalue weighted by atomic mass is 10.1. The van der Waals surface area contributed by atoms with Crippen molar-refractivity contribution in [3.05, 3.63) is 29.8 Å². The summed E-state index contributed by atoms with van der Waals surface area (Å²) in [5.41, 5.74) is 0.687. The molecule has 0 fully saturated rings. The first kappa shape index (κ1) is 20.1. The van der Waals surface area contributed by atoms with Crippen LogP contribution in [-0.4, -0.2) is 18.8 Å². The number of hydrogen-bond donors (Lipinski definition) is 0. The molecular formula is C20H32O2S. The molecule has 0 aliphatic heterocycles. The number of ether oxygens (including phenoxy) is 1. The molecule has 0 heterocycles. The van der Waals surface area contributed by atoms with Crippen LogP contribution in [0.5, 0.6) is 0 Å². The van der Waals surface area contributed by atoms with Gasteiger partial charge in [0.1, 0.15) is 0 Å². The zero-order valence-electron chi connectivity index (χ0n) is 14.8. The van der Waals surface area contributed by atoms with Crippen molar-refractivity contribution < 1.29 is 9.53 Å². The second kappa shape index (κ2) is 13.5. The molecule has 3 heteroatoms. The van der Waals surface area contributed by atoms with Crippen LogP contribution < -0.4 is 0 Å². The lowest BCUT2D eigenvalue weighted by Crippen LogP contribution is -2.02. The van der Waals surface area contributed by atoms with Gasteiger partial charge in [0.15, 0.2) is 0 Å². The van der Waals surface area contributed by atoms with E-state index in [0.29, 0.717) is 5.56 Å². The van der Waals surface area contributed by atoms with Crippen LogP contribution in [0.2, 0.25) is 0 Å². The van der Waals surface area contributed by atoms with Crippen molar-refractivity contribution in [3.8, 4) is 0 Å². The SMILES string of the molecule is CCCCCCCCCCCCSc1ccccc1C(=O)OC. The molecule has 1 rings (SSSR count). The quantitative estimate of drug-likeness (QED) is 0.234. The van der Waals surface area contributed by atoms with Crippen LogP contribution in [0.25, 0.3) is 0 Å². The second-order valence-corrected chi connectivity index (χ2v) is 7.15. The number of carbonyl (C=O) groups is 1. The summed E-state index contributed by atoms with van der Waals surface area (Å²) < 4.78 is 4.83. The molecule has 0 unspecified atom stereocenters. The Hall–Kier alpha value is -0.960. The zero-order valence-corrected chi connectivity index (χ0v) is 15.6. The summed E-state index contributed by atoms with van der Waals surface area (Å²) in [7, 11) is 1.44. The molecule has 130 valence electrons. The van der Waals surface area contributed by atoms with Crippen molar-refractivity contribution in [1.82, 2.24) is 0 Å². The monoisotopic (exact) mass is 336 g/mol. The van der Waals surface area contributed by atoms with Gasteiger partial charge in [-0.1, -0.05) is 76.8 Å². The maximum atomic E-state index is 11.7. The van der Waals surface area contributed by atoms with Gasteiger partial charge in [-0.25, -0.2) is 4.79 Å². The van der Waals surface area contributed by atoms with E-state index in [1.165, 1.54) is 71.3 Å². The summed E-state index contributed by atoms with van der Waals surface area (Å²) in [4.78, 5) is 12.7. The highest BCUT2D eigenvalue weighted by molar-refractivity contribution is 7.99. The highest BCUT2D eigenvalue weighted by Gasteiger charge is 2.10. The first-order valence-corrected chi connectivity index (χ1v) is 10.1. The molecule has 0 spiro atoms. The van der Waals surface area contributed by atoms with E-state index >= 15 is 0 Å². The van der Waals surface area contributed by atoms with E-state index in [4.69, 9.17) is 4.74 Å². The minimum absolute atomic E-state index is 0.240. The van der Waals surface area contributed by atoms with Gasteiger partial charge in [-0.2, -0.15) is 0 Å². The Labute approximate surface area is 146 Å². The van der Waals surface area contributed by atoms with Crippen LogP contribution in [0, 0.1) is 0 Å². The Morgan fingerprint density at radius 1 is 0.913 bits per heavy atom. The van der Waals surface area contributed by atoms with Crippen LogP contribution in [0.3, 0.4) is 0 Å². The number of hydrogen-bond acceptors (Lipinski definition) is 3. The van der Waals surface area contributed by atoms with Crippen molar-refractivity contribution in [3.63, 3.8) is 0 Å². The van der Waals surface area contributed by atoms with Gasteiger partial charge in [-0.3, -0.25) is 0 Å². The minimum Gasteiger partial charge on any atom is -0.465 e. The van der Waals surface area contributed by atoms with Gasteiger partial charge >= 0.3 is 5.97 Å². The molecule has 2 nitrogen and oxygen atoms in total. The van der Waals surface area contributed by atoms with E-state index in [1.807, 2.05) is 24.3 Å². The number of esters is 1. The first-order valence-electron chi connectivity index (χ1n) is 9.09. The Morgan fingerprint density at radius 2 is 1.48 bits per heavy atom. The number of thioether (sulfide) groups is 1. The molecule has 1 aromatic carbocycles. The van der Waals surface area contributed by atoms with Gasteiger partial charge in [0.25, 0.3) is 0 Å². The molecule has 0 aliphatic rings. The van der Waals surface area contributed by atoms with Crippen molar-refractivity contribution in [1.29, 1.82) is 0 Å². The summed E-state index contributed by atoms with van der Waals surface area (Å²) in [5, 5.41) is 0. The predicted molar refractivity (Wildman–Crippen MR) is 100 cm³/mol. The number of benzene rings is 1. The largest absolute Gasteiger partial charge is 0.465 e. The average Bonchev–Trinajstić information content (AvgIpc) is 2.59. The molecule has 0 saturated heterocycles. The van der Waals surface area contributed by atoms with Crippen LogP contribution in [0.1, 0.15) is 81.5 Å². The summed E-state index contributed by atoms with van der Waals surface area (Å²) in [6.45, 7) is 2.27. The van der Waals surface area contributed by atoms with Crippen molar-refractivity contribution in [2.45, 2.75) is 76.0 Å². The molecule has 0 atom stereocenters. The molecule has 0 saturated carbocycles. The summed E-state index contributed by atoms with van der Waals surface area (Å²) in [5.74, 6) is 0.834. The Morgan fingerprint density at radius 3 is 2.09 bits per heavy atom. The standard InChI is InChI=1S/C20H32O2S/c1-3-4-5-6-7-8-9-10-11-14-17-23-19-16-13-12-15-18(19)20(21)22-2/h12-13,15-16H,3-11,14,17H2,1-2H3. The Bertz CT molecular complexity index is 431. The number of carbonyl (C=O) groups excluding carboxylic acids is 1. The third-order valence-electron chi connectivity index (χ3n) is 4.05. The van der Waals surface area contributed by atoms with Crippen molar-refractivity contribution in [2.75, 3.05) is 12.9 Å². The van der Waals surface area contributed by atoms with Gasteiger partial charge in [-0.05, 0) is 24.3 Å². The zero-order chi connectivity index (χ0) is 16.8. The van der Waals surface area contributed by atoms with Gasteiger partial charge in [0.05, 0.1) is 12.7 Å². The van der Waals surface area contributed by atoms with E-state index in [9.17, 15) is 4.79 Å². The molecule has 23 heavy (non-hydrogen) atoms. The van der Waals surface area contributed by atoms with E-state index in [-0.39, 0.29) is 5.97 Å². The second-order valence-electron chi connectivity index (χ2n) is 6.02. The van der Waals surface area contributed by atoms with Gasteiger partial charge in [0.2, 0.25) is 0 Å². The van der Waals surface area contributed by atoms with Crippen molar-refractivity contribution >= 4 is 17.7 Å². The van der Waals surface area contributed by atoms with E-state index in [1.54, 1.807) is 11.8 Å². The van der Waals surface area contributed by atoms with E-state index in [2.05, 4.69) is 6.92 Å². The molecule has 1 aromatic rings. The number of rotatable bonds is 13. The third-order valence-corrected chi connectivity index (χ3v) is 5.21. The van der Waals surface area contributed by atoms with E-state index in [0.717, 1.165) is 10.6 Å². The number of unbranched alkanes of at least 4 members (excludes halogenated alkanes) is 9. The smallest absolute Gasteiger partial charge is 0.338 e. The molecule has 0 aliphatic carbocycles. The molecule has 0 aromatic heterocycles. The molecule has 0 bridgehead atoms. The van der Waals surface area contributed by atoms with Crippen LogP contribution in [0.15, 0.2) is 29.2 Å². The molecular weight excluding hydrogens is 304 g/mol. The molecule has 0 amide bonds. The maximum Gasteiger partial charge on any atom is 0.338 e. The van der Waals surface area contributed by atoms with Crippen LogP contribution in [-0.2, 0) is 4.74 Å². The average molecular weight is 337 g/mol. The van der Waals surface area contributed by atoms with E-state index < -0.39 is 0 Å². The molecule has 0 radical (unpaired) electrons. The number of methoxy groups -OCH3 is 1. The fourth-order valence-electron chi connectivity index (χ4n) is 2.64. The third kappa shape index (κ3) is 9.04. The van der Waals surface area contributed by atoms with Gasteiger partial charge < -0.3 is 4.74 Å². The van der Waals surface area contributed by atoms with Gasteiger partial charge in [-0.15, -0.1) is 11.8 Å². The fraction of sp³-hybridized carbons (Fsp3) is 0.650. The molecule has 0 N–H and O–H groups in total. The Kier molecular flexibility index (Phi) is 11.8. The fourth-order valence-corrected chi connectivity index (χ4v) is 3.69. The highest BCUT2D eigenvalue weighted by Crippen LogP contribution is 2.24. The normalized spacial score (nSPS) is 10.7. The summed E-state index contributed by atoms with van der Waals surface area (Å²) in [6.07, 6.45) is 13.6. The summed E-state index contributed by atoms with van der Waals surface area (Å²) in [6, 6.07) is 7.71. The highest BCUT2D eigenvalue weighted by atomic mass is 32.2. The minimum atomic E-state index is -0.240. The Balaban J connectivity index is 2.06. The van der Waals surface area contributed by atoms with Crippen LogP contribution >= 0.6 is 11.8 Å². The lowest BCUT2D eigenvalue weighted by molar-refractivity contribution is 0.0597. The topological polar surface area (TPSA) is 26.3 Å². The summed E-state index contributed by atoms with van der Waals surface area (Å²) >= 11 is 1.77. The van der Waals surface area contributed by atoms with Crippen LogP contribution in [0.4, 0.5) is 0 Å².